The quantitative estimate of drug-likeness (QED) is 0.720. The molecule has 0 aliphatic heterocycles. The third kappa shape index (κ3) is 3.21. The molecule has 0 aliphatic rings. The van der Waals surface area contributed by atoms with E-state index in [-0.39, 0.29) is 10.6 Å². The van der Waals surface area contributed by atoms with Gasteiger partial charge in [0, 0.05) is 18.9 Å². The Bertz CT molecular complexity index is 671. The number of nitrogens with zero attached hydrogens (tertiary/aromatic N) is 1. The molecular formula is C12H14N4O2S. The second-order valence-corrected chi connectivity index (χ2v) is 5.51. The highest BCUT2D eigenvalue weighted by Gasteiger charge is 2.14. The van der Waals surface area contributed by atoms with E-state index in [4.69, 9.17) is 10.9 Å². The Morgan fingerprint density at radius 2 is 2.00 bits per heavy atom. The van der Waals surface area contributed by atoms with Crippen molar-refractivity contribution >= 4 is 21.4 Å². The molecule has 0 bridgehead atoms. The van der Waals surface area contributed by atoms with E-state index in [1.165, 1.54) is 6.07 Å². The molecule has 0 fully saturated rings. The summed E-state index contributed by atoms with van der Waals surface area (Å²) < 4.78 is 22.7. The number of nitrogen functional groups attached to an aromatic ring is 1. The largest absolute Gasteiger partial charge is 0.396 e. The summed E-state index contributed by atoms with van der Waals surface area (Å²) in [6.45, 7) is 0.492. The number of aromatic nitrogens is 1. The summed E-state index contributed by atoms with van der Waals surface area (Å²) in [5, 5.41) is 8.14. The molecule has 1 aromatic carbocycles. The topological polar surface area (TPSA) is 111 Å². The molecule has 0 unspecified atom stereocenters. The highest BCUT2D eigenvalue weighted by atomic mass is 32.2. The Labute approximate surface area is 111 Å². The number of pyridine rings is 1. The van der Waals surface area contributed by atoms with Gasteiger partial charge >= 0.3 is 0 Å². The molecule has 2 rings (SSSR count). The molecule has 5 N–H and O–H groups in total. The second-order valence-electron chi connectivity index (χ2n) is 3.98. The molecule has 0 spiro atoms. The number of nitrogens with two attached hydrogens (primary N) is 2. The Morgan fingerprint density at radius 3 is 2.63 bits per heavy atom. The molecule has 1 heterocycles. The Hall–Kier alpha value is -2.12. The molecule has 19 heavy (non-hydrogen) atoms. The van der Waals surface area contributed by atoms with Crippen LogP contribution in [0.15, 0.2) is 47.6 Å². The number of benzene rings is 1. The van der Waals surface area contributed by atoms with E-state index in [1.54, 1.807) is 24.5 Å². The molecule has 0 aliphatic carbocycles. The zero-order valence-corrected chi connectivity index (χ0v) is 10.9. The van der Waals surface area contributed by atoms with E-state index < -0.39 is 10.0 Å². The summed E-state index contributed by atoms with van der Waals surface area (Å²) >= 11 is 0. The summed E-state index contributed by atoms with van der Waals surface area (Å²) in [5.41, 5.74) is 7.40. The average Bonchev–Trinajstić information content (AvgIpc) is 2.37. The lowest BCUT2D eigenvalue weighted by molar-refractivity contribution is 0.598. The van der Waals surface area contributed by atoms with Crippen LogP contribution in [-0.2, 0) is 16.6 Å². The highest BCUT2D eigenvalue weighted by Crippen LogP contribution is 2.25. The predicted octanol–water partition coefficient (Wildman–Crippen LogP) is 0.923. The molecular weight excluding hydrogens is 264 g/mol. The first-order valence-electron chi connectivity index (χ1n) is 5.52. The predicted molar refractivity (Wildman–Crippen MR) is 73.8 cm³/mol. The lowest BCUT2D eigenvalue weighted by Gasteiger charge is -2.11. The molecule has 0 radical (unpaired) electrons. The molecule has 0 saturated heterocycles. The number of rotatable bonds is 4. The van der Waals surface area contributed by atoms with Crippen LogP contribution in [0.2, 0.25) is 0 Å². The van der Waals surface area contributed by atoms with Gasteiger partial charge in [-0.1, -0.05) is 12.1 Å². The van der Waals surface area contributed by atoms with Crippen LogP contribution < -0.4 is 16.2 Å². The fourth-order valence-electron chi connectivity index (χ4n) is 1.65. The first kappa shape index (κ1) is 13.3. The maximum Gasteiger partial charge on any atom is 0.240 e. The van der Waals surface area contributed by atoms with Crippen LogP contribution in [0, 0.1) is 0 Å². The van der Waals surface area contributed by atoms with Gasteiger partial charge in [0.05, 0.1) is 11.4 Å². The van der Waals surface area contributed by atoms with Crippen molar-refractivity contribution in [3.05, 3.63) is 48.3 Å². The Kier molecular flexibility index (Phi) is 3.68. The van der Waals surface area contributed by atoms with Gasteiger partial charge in [0.25, 0.3) is 0 Å². The fraction of sp³-hybridized carbons (Fsp3) is 0.0833. The molecule has 100 valence electrons. The van der Waals surface area contributed by atoms with Crippen molar-refractivity contribution in [2.24, 2.45) is 5.14 Å². The van der Waals surface area contributed by atoms with Crippen molar-refractivity contribution in [3.8, 4) is 0 Å². The van der Waals surface area contributed by atoms with E-state index in [0.717, 1.165) is 5.56 Å². The van der Waals surface area contributed by atoms with Gasteiger partial charge < -0.3 is 11.1 Å². The fourth-order valence-corrected chi connectivity index (χ4v) is 2.33. The normalized spacial score (nSPS) is 11.2. The van der Waals surface area contributed by atoms with Crippen LogP contribution in [0.4, 0.5) is 11.4 Å². The molecule has 6 nitrogen and oxygen atoms in total. The standard InChI is InChI=1S/C12H14N4O2S/c13-12-10(4-1-5-11(12)19(14,17)18)16-8-9-3-2-6-15-7-9/h1-7,16H,8,13H2,(H2,14,17,18). The number of hydrogen-bond acceptors (Lipinski definition) is 5. The molecule has 0 saturated carbocycles. The Morgan fingerprint density at radius 1 is 1.21 bits per heavy atom. The van der Waals surface area contributed by atoms with Gasteiger partial charge in [-0.25, -0.2) is 13.6 Å². The summed E-state index contributed by atoms with van der Waals surface area (Å²) in [6, 6.07) is 8.38. The lowest BCUT2D eigenvalue weighted by Crippen LogP contribution is -2.15. The van der Waals surface area contributed by atoms with Gasteiger partial charge in [-0.3, -0.25) is 4.98 Å². The minimum atomic E-state index is -3.82. The van der Waals surface area contributed by atoms with Crippen molar-refractivity contribution in [1.82, 2.24) is 4.98 Å². The molecule has 7 heteroatoms. The van der Waals surface area contributed by atoms with Gasteiger partial charge in [-0.2, -0.15) is 0 Å². The lowest BCUT2D eigenvalue weighted by atomic mass is 10.2. The Balaban J connectivity index is 2.23. The van der Waals surface area contributed by atoms with Gasteiger partial charge in [-0.15, -0.1) is 0 Å². The number of nitrogens with one attached hydrogen (secondary N) is 1. The second kappa shape index (κ2) is 5.25. The highest BCUT2D eigenvalue weighted by molar-refractivity contribution is 7.89. The van der Waals surface area contributed by atoms with Gasteiger partial charge in [0.1, 0.15) is 4.90 Å². The van der Waals surface area contributed by atoms with E-state index in [2.05, 4.69) is 10.3 Å². The van der Waals surface area contributed by atoms with E-state index in [0.29, 0.717) is 12.2 Å². The number of hydrogen-bond donors (Lipinski definition) is 3. The number of anilines is 2. The molecule has 2 aromatic rings. The SMILES string of the molecule is Nc1c(NCc2cccnc2)cccc1S(N)(=O)=O. The van der Waals surface area contributed by atoms with Crippen LogP contribution in [0.3, 0.4) is 0 Å². The summed E-state index contributed by atoms with van der Waals surface area (Å²) in [7, 11) is -3.82. The maximum absolute atomic E-state index is 11.3. The van der Waals surface area contributed by atoms with E-state index in [1.807, 2.05) is 12.1 Å². The minimum absolute atomic E-state index is 0.0799. The smallest absolute Gasteiger partial charge is 0.240 e. The third-order valence-electron chi connectivity index (χ3n) is 2.58. The van der Waals surface area contributed by atoms with E-state index >= 15 is 0 Å². The van der Waals surface area contributed by atoms with Crippen LogP contribution in [-0.4, -0.2) is 13.4 Å². The zero-order chi connectivity index (χ0) is 13.9. The average molecular weight is 278 g/mol. The number of sulfonamides is 1. The van der Waals surface area contributed by atoms with Gasteiger partial charge in [-0.05, 0) is 23.8 Å². The van der Waals surface area contributed by atoms with E-state index in [9.17, 15) is 8.42 Å². The molecule has 0 amide bonds. The molecule has 1 aromatic heterocycles. The number of para-hydroxylation sites is 1. The summed E-state index contributed by atoms with van der Waals surface area (Å²) in [5.74, 6) is 0. The van der Waals surface area contributed by atoms with Crippen molar-refractivity contribution in [1.29, 1.82) is 0 Å². The first-order chi connectivity index (χ1) is 8.98. The maximum atomic E-state index is 11.3. The van der Waals surface area contributed by atoms with Gasteiger partial charge in [0.2, 0.25) is 10.0 Å². The van der Waals surface area contributed by atoms with Crippen LogP contribution >= 0.6 is 0 Å². The number of primary sulfonamides is 1. The first-order valence-corrected chi connectivity index (χ1v) is 7.07. The third-order valence-corrected chi connectivity index (χ3v) is 3.55. The van der Waals surface area contributed by atoms with Gasteiger partial charge in [0.15, 0.2) is 0 Å². The summed E-state index contributed by atoms with van der Waals surface area (Å²) in [6.07, 6.45) is 3.40. The minimum Gasteiger partial charge on any atom is -0.396 e. The van der Waals surface area contributed by atoms with Crippen molar-refractivity contribution in [2.75, 3.05) is 11.1 Å². The van der Waals surface area contributed by atoms with Crippen LogP contribution in [0.1, 0.15) is 5.56 Å². The van der Waals surface area contributed by atoms with Crippen LogP contribution in [0.25, 0.3) is 0 Å². The van der Waals surface area contributed by atoms with Crippen molar-refractivity contribution < 1.29 is 8.42 Å². The van der Waals surface area contributed by atoms with Crippen LogP contribution in [0.5, 0.6) is 0 Å². The molecule has 0 atom stereocenters. The summed E-state index contributed by atoms with van der Waals surface area (Å²) in [4.78, 5) is 3.91. The zero-order valence-electron chi connectivity index (χ0n) is 10.1. The monoisotopic (exact) mass is 278 g/mol. The van der Waals surface area contributed by atoms with Crippen molar-refractivity contribution in [3.63, 3.8) is 0 Å². The van der Waals surface area contributed by atoms with Crippen molar-refractivity contribution in [2.45, 2.75) is 11.4 Å².